The monoisotopic (exact) mass is 339 g/mol. The first-order valence-electron chi connectivity index (χ1n) is 6.33. The summed E-state index contributed by atoms with van der Waals surface area (Å²) in [5, 5.41) is 0. The Morgan fingerprint density at radius 2 is 1.55 bits per heavy atom. The number of benzene rings is 2. The summed E-state index contributed by atoms with van der Waals surface area (Å²) in [5.74, 6) is -0.541. The van der Waals surface area contributed by atoms with Crippen molar-refractivity contribution < 1.29 is 8.78 Å². The molecule has 2 aromatic rings. The average Bonchev–Trinajstić information content (AvgIpc) is 2.36. The summed E-state index contributed by atoms with van der Waals surface area (Å²) in [6.45, 7) is 1.94. The predicted octanol–water partition coefficient (Wildman–Crippen LogP) is 4.23. The van der Waals surface area contributed by atoms with E-state index in [4.69, 9.17) is 5.73 Å². The van der Waals surface area contributed by atoms with Crippen molar-refractivity contribution in [3.63, 3.8) is 0 Å². The molecule has 2 N–H and O–H groups in total. The molecule has 1 atom stereocenters. The second-order valence-corrected chi connectivity index (χ2v) is 6.24. The van der Waals surface area contributed by atoms with E-state index in [0.29, 0.717) is 17.3 Å². The van der Waals surface area contributed by atoms with Gasteiger partial charge in [-0.3, -0.25) is 0 Å². The number of hydrogen-bond acceptors (Lipinski definition) is 1. The molecule has 0 aromatic heterocycles. The van der Waals surface area contributed by atoms with Crippen LogP contribution >= 0.6 is 15.9 Å². The third kappa shape index (κ3) is 4.12. The van der Waals surface area contributed by atoms with Crippen LogP contribution in [0.5, 0.6) is 0 Å². The molecule has 0 fully saturated rings. The van der Waals surface area contributed by atoms with Crippen molar-refractivity contribution in [3.05, 3.63) is 69.7 Å². The molecule has 0 aliphatic rings. The van der Waals surface area contributed by atoms with Crippen LogP contribution in [0, 0.1) is 11.6 Å². The first-order valence-corrected chi connectivity index (χ1v) is 7.12. The van der Waals surface area contributed by atoms with Crippen molar-refractivity contribution in [2.45, 2.75) is 25.3 Å². The van der Waals surface area contributed by atoms with Crippen LogP contribution in [0.4, 0.5) is 8.78 Å². The van der Waals surface area contributed by atoms with Crippen LogP contribution in [0.3, 0.4) is 0 Å². The summed E-state index contributed by atoms with van der Waals surface area (Å²) in [5.41, 5.74) is 7.77. The van der Waals surface area contributed by atoms with Crippen LogP contribution in [0.1, 0.15) is 18.1 Å². The van der Waals surface area contributed by atoms with Crippen LogP contribution in [0.2, 0.25) is 0 Å². The molecule has 4 heteroatoms. The van der Waals surface area contributed by atoms with Gasteiger partial charge < -0.3 is 5.73 Å². The topological polar surface area (TPSA) is 26.0 Å². The number of halogens is 3. The fraction of sp³-hybridized carbons (Fsp3) is 0.250. The fourth-order valence-corrected chi connectivity index (χ4v) is 2.67. The van der Waals surface area contributed by atoms with Gasteiger partial charge in [-0.15, -0.1) is 0 Å². The van der Waals surface area contributed by atoms with E-state index in [1.54, 1.807) is 24.3 Å². The van der Waals surface area contributed by atoms with Crippen LogP contribution < -0.4 is 5.73 Å². The Morgan fingerprint density at radius 3 is 2.15 bits per heavy atom. The van der Waals surface area contributed by atoms with E-state index < -0.39 is 5.54 Å². The zero-order chi connectivity index (χ0) is 14.8. The molecule has 0 spiro atoms. The molecule has 1 nitrogen and oxygen atoms in total. The summed E-state index contributed by atoms with van der Waals surface area (Å²) in [6, 6.07) is 11.2. The lowest BCUT2D eigenvalue weighted by molar-refractivity contribution is 0.462. The minimum absolute atomic E-state index is 0.255. The third-order valence-electron chi connectivity index (χ3n) is 3.11. The average molecular weight is 340 g/mol. The summed E-state index contributed by atoms with van der Waals surface area (Å²) >= 11 is 3.17. The van der Waals surface area contributed by atoms with Gasteiger partial charge in [-0.05, 0) is 71.1 Å². The van der Waals surface area contributed by atoms with Crippen molar-refractivity contribution in [2.75, 3.05) is 0 Å². The van der Waals surface area contributed by atoms with E-state index in [1.165, 1.54) is 18.2 Å². The molecule has 0 amide bonds. The maximum atomic E-state index is 13.2. The van der Waals surface area contributed by atoms with Crippen LogP contribution in [-0.4, -0.2) is 5.54 Å². The van der Waals surface area contributed by atoms with Gasteiger partial charge in [-0.25, -0.2) is 8.78 Å². The van der Waals surface area contributed by atoms with Crippen LogP contribution in [0.25, 0.3) is 0 Å². The Morgan fingerprint density at radius 1 is 1.00 bits per heavy atom. The van der Waals surface area contributed by atoms with Crippen molar-refractivity contribution in [1.82, 2.24) is 0 Å². The molecule has 0 saturated heterocycles. The molecule has 0 saturated carbocycles. The molecule has 0 aliphatic carbocycles. The number of nitrogens with two attached hydrogens (primary N) is 1. The highest BCUT2D eigenvalue weighted by atomic mass is 79.9. The lowest BCUT2D eigenvalue weighted by atomic mass is 9.87. The van der Waals surface area contributed by atoms with Gasteiger partial charge in [0.15, 0.2) is 0 Å². The van der Waals surface area contributed by atoms with Gasteiger partial charge in [0.05, 0.1) is 4.47 Å². The molecule has 0 radical (unpaired) electrons. The van der Waals surface area contributed by atoms with Crippen molar-refractivity contribution >= 4 is 15.9 Å². The minimum atomic E-state index is -0.477. The first-order chi connectivity index (χ1) is 9.35. The Labute approximate surface area is 125 Å². The lowest BCUT2D eigenvalue weighted by Gasteiger charge is -2.25. The number of hydrogen-bond donors (Lipinski definition) is 1. The molecule has 0 heterocycles. The van der Waals surface area contributed by atoms with Crippen molar-refractivity contribution in [3.8, 4) is 0 Å². The van der Waals surface area contributed by atoms with Gasteiger partial charge in [0.25, 0.3) is 0 Å². The number of rotatable bonds is 4. The molecular weight excluding hydrogens is 324 g/mol. The summed E-state index contributed by atoms with van der Waals surface area (Å²) in [6.07, 6.45) is 1.24. The first kappa shape index (κ1) is 15.1. The highest BCUT2D eigenvalue weighted by Crippen LogP contribution is 2.21. The Bertz CT molecular complexity index is 594. The fourth-order valence-electron chi connectivity index (χ4n) is 2.25. The largest absolute Gasteiger partial charge is 0.325 e. The van der Waals surface area contributed by atoms with Crippen LogP contribution in [-0.2, 0) is 12.8 Å². The molecule has 106 valence electrons. The molecule has 0 aliphatic heterocycles. The van der Waals surface area contributed by atoms with Gasteiger partial charge in [-0.1, -0.05) is 18.2 Å². The Hall–Kier alpha value is -1.26. The second kappa shape index (κ2) is 6.02. The maximum Gasteiger partial charge on any atom is 0.137 e. The molecule has 1 unspecified atom stereocenters. The Balaban J connectivity index is 2.09. The van der Waals surface area contributed by atoms with E-state index in [0.717, 1.165) is 11.1 Å². The minimum Gasteiger partial charge on any atom is -0.325 e. The molecule has 20 heavy (non-hydrogen) atoms. The normalized spacial score (nSPS) is 14.1. The zero-order valence-corrected chi connectivity index (χ0v) is 12.8. The van der Waals surface area contributed by atoms with Crippen molar-refractivity contribution in [2.24, 2.45) is 5.73 Å². The second-order valence-electron chi connectivity index (χ2n) is 5.38. The quantitative estimate of drug-likeness (QED) is 0.886. The summed E-state index contributed by atoms with van der Waals surface area (Å²) in [7, 11) is 0. The van der Waals surface area contributed by atoms with Gasteiger partial charge in [0.2, 0.25) is 0 Å². The van der Waals surface area contributed by atoms with E-state index in [-0.39, 0.29) is 11.6 Å². The SMILES string of the molecule is CC(N)(Cc1ccc(F)cc1)Cc1ccc(F)c(Br)c1. The standard InChI is InChI=1S/C16H16BrF2N/c1-16(20,9-11-2-5-13(18)6-3-11)10-12-4-7-15(19)14(17)8-12/h2-8H,9-10,20H2,1H3. The van der Waals surface area contributed by atoms with Gasteiger partial charge in [0, 0.05) is 5.54 Å². The summed E-state index contributed by atoms with van der Waals surface area (Å²) < 4.78 is 26.5. The molecule has 2 aromatic carbocycles. The molecule has 2 rings (SSSR count). The Kier molecular flexibility index (Phi) is 4.55. The smallest absolute Gasteiger partial charge is 0.137 e. The maximum absolute atomic E-state index is 13.2. The molecular formula is C16H16BrF2N. The summed E-state index contributed by atoms with van der Waals surface area (Å²) in [4.78, 5) is 0. The zero-order valence-electron chi connectivity index (χ0n) is 11.2. The van der Waals surface area contributed by atoms with Gasteiger partial charge in [-0.2, -0.15) is 0 Å². The van der Waals surface area contributed by atoms with E-state index in [2.05, 4.69) is 15.9 Å². The van der Waals surface area contributed by atoms with Gasteiger partial charge >= 0.3 is 0 Å². The predicted molar refractivity (Wildman–Crippen MR) is 80.5 cm³/mol. The highest BCUT2D eigenvalue weighted by molar-refractivity contribution is 9.10. The molecule has 0 bridgehead atoms. The van der Waals surface area contributed by atoms with E-state index >= 15 is 0 Å². The van der Waals surface area contributed by atoms with E-state index in [1.807, 2.05) is 6.92 Å². The van der Waals surface area contributed by atoms with E-state index in [9.17, 15) is 8.78 Å². The third-order valence-corrected chi connectivity index (χ3v) is 3.72. The van der Waals surface area contributed by atoms with Crippen molar-refractivity contribution in [1.29, 1.82) is 0 Å². The lowest BCUT2D eigenvalue weighted by Crippen LogP contribution is -2.40. The van der Waals surface area contributed by atoms with Gasteiger partial charge in [0.1, 0.15) is 11.6 Å². The van der Waals surface area contributed by atoms with Crippen LogP contribution in [0.15, 0.2) is 46.9 Å². The highest BCUT2D eigenvalue weighted by Gasteiger charge is 2.20.